The summed E-state index contributed by atoms with van der Waals surface area (Å²) in [6.07, 6.45) is 2.15. The second-order valence-electron chi connectivity index (χ2n) is 5.47. The zero-order valence-corrected chi connectivity index (χ0v) is 14.4. The molecule has 0 amide bonds. The molecule has 3 heteroatoms. The van der Waals surface area contributed by atoms with Crippen molar-refractivity contribution in [2.45, 2.75) is 0 Å². The molecule has 0 saturated carbocycles. The zero-order valence-electron chi connectivity index (χ0n) is 12.8. The number of halogens is 1. The van der Waals surface area contributed by atoms with Gasteiger partial charge in [-0.15, -0.1) is 11.3 Å². The molecule has 0 aliphatic carbocycles. The van der Waals surface area contributed by atoms with Gasteiger partial charge in [0.25, 0.3) is 0 Å². The molecule has 0 spiro atoms. The minimum atomic E-state index is 0.737. The number of benzene rings is 3. The van der Waals surface area contributed by atoms with Crippen molar-refractivity contribution < 1.29 is 0 Å². The van der Waals surface area contributed by atoms with E-state index in [1.54, 1.807) is 11.3 Å². The average Bonchev–Trinajstić information content (AvgIpc) is 3.04. The van der Waals surface area contributed by atoms with E-state index in [0.717, 1.165) is 32.2 Å². The van der Waals surface area contributed by atoms with Crippen LogP contribution in [0, 0.1) is 0 Å². The van der Waals surface area contributed by atoms with Crippen LogP contribution in [-0.4, -0.2) is 4.98 Å². The van der Waals surface area contributed by atoms with Crippen LogP contribution < -0.4 is 0 Å². The lowest BCUT2D eigenvalue weighted by molar-refractivity contribution is 1.43. The van der Waals surface area contributed by atoms with Gasteiger partial charge in [0, 0.05) is 10.6 Å². The molecular formula is C21H14ClNS. The molecule has 116 valence electrons. The molecule has 0 unspecified atom stereocenters. The third-order valence-corrected chi connectivity index (χ3v) is 5.07. The molecular weight excluding hydrogens is 334 g/mol. The number of rotatable bonds is 3. The van der Waals surface area contributed by atoms with Crippen molar-refractivity contribution in [1.29, 1.82) is 0 Å². The van der Waals surface area contributed by atoms with Crippen LogP contribution in [0.4, 0.5) is 0 Å². The summed E-state index contributed by atoms with van der Waals surface area (Å²) in [5.41, 5.74) is 4.36. The van der Waals surface area contributed by atoms with E-state index in [1.807, 2.05) is 36.4 Å². The molecule has 0 aliphatic heterocycles. The molecule has 0 radical (unpaired) electrons. The highest BCUT2D eigenvalue weighted by molar-refractivity contribution is 7.19. The largest absolute Gasteiger partial charge is 0.236 e. The molecule has 24 heavy (non-hydrogen) atoms. The summed E-state index contributed by atoms with van der Waals surface area (Å²) < 4.78 is 1.19. The van der Waals surface area contributed by atoms with Gasteiger partial charge in [-0.05, 0) is 41.5 Å². The quantitative estimate of drug-likeness (QED) is 0.383. The Balaban J connectivity index is 1.90. The Morgan fingerprint density at radius 1 is 0.875 bits per heavy atom. The maximum Gasteiger partial charge on any atom is 0.125 e. The van der Waals surface area contributed by atoms with Crippen LogP contribution in [0.5, 0.6) is 0 Å². The summed E-state index contributed by atoms with van der Waals surface area (Å²) in [4.78, 5) is 4.83. The average molecular weight is 348 g/mol. The van der Waals surface area contributed by atoms with Crippen LogP contribution >= 0.6 is 22.9 Å². The summed E-state index contributed by atoms with van der Waals surface area (Å²) in [5.74, 6) is 0. The molecule has 0 atom stereocenters. The highest BCUT2D eigenvalue weighted by atomic mass is 35.5. The second-order valence-corrected chi connectivity index (χ2v) is 6.93. The molecule has 1 heterocycles. The lowest BCUT2D eigenvalue weighted by atomic mass is 10.0. The Morgan fingerprint density at radius 3 is 2.46 bits per heavy atom. The van der Waals surface area contributed by atoms with Gasteiger partial charge >= 0.3 is 0 Å². The maximum absolute atomic E-state index is 6.14. The Hall–Kier alpha value is -2.42. The van der Waals surface area contributed by atoms with Gasteiger partial charge < -0.3 is 0 Å². The van der Waals surface area contributed by atoms with Gasteiger partial charge in [-0.25, -0.2) is 4.98 Å². The van der Waals surface area contributed by atoms with Crippen LogP contribution in [0.1, 0.15) is 16.1 Å². The number of hydrogen-bond acceptors (Lipinski definition) is 2. The molecule has 0 fully saturated rings. The number of fused-ring (bicyclic) bond motifs is 1. The van der Waals surface area contributed by atoms with E-state index in [-0.39, 0.29) is 0 Å². The normalized spacial score (nSPS) is 11.8. The Kier molecular flexibility index (Phi) is 4.16. The highest BCUT2D eigenvalue weighted by Gasteiger charge is 2.11. The van der Waals surface area contributed by atoms with Crippen molar-refractivity contribution in [3.8, 4) is 0 Å². The van der Waals surface area contributed by atoms with Gasteiger partial charge in [0.05, 0.1) is 10.2 Å². The van der Waals surface area contributed by atoms with Gasteiger partial charge in [-0.3, -0.25) is 0 Å². The topological polar surface area (TPSA) is 12.9 Å². The van der Waals surface area contributed by atoms with Crippen LogP contribution in [0.3, 0.4) is 0 Å². The molecule has 4 aromatic rings. The first-order valence-corrected chi connectivity index (χ1v) is 8.88. The van der Waals surface area contributed by atoms with E-state index < -0.39 is 0 Å². The van der Waals surface area contributed by atoms with E-state index >= 15 is 0 Å². The number of aromatic nitrogens is 1. The van der Waals surface area contributed by atoms with Crippen LogP contribution in [-0.2, 0) is 0 Å². The first-order chi connectivity index (χ1) is 11.8. The Morgan fingerprint density at radius 2 is 1.67 bits per heavy atom. The number of thiazole rings is 1. The third kappa shape index (κ3) is 3.12. The fourth-order valence-corrected chi connectivity index (χ4v) is 3.84. The predicted molar refractivity (Wildman–Crippen MR) is 104 cm³/mol. The molecule has 0 N–H and O–H groups in total. The maximum atomic E-state index is 6.14. The van der Waals surface area contributed by atoms with Crippen LogP contribution in [0.25, 0.3) is 21.9 Å². The van der Waals surface area contributed by atoms with Crippen LogP contribution in [0.15, 0.2) is 78.9 Å². The third-order valence-electron chi connectivity index (χ3n) is 3.77. The zero-order chi connectivity index (χ0) is 16.4. The van der Waals surface area contributed by atoms with Crippen molar-refractivity contribution in [3.05, 3.63) is 100 Å². The second kappa shape index (κ2) is 6.60. The highest BCUT2D eigenvalue weighted by Crippen LogP contribution is 2.32. The standard InChI is InChI=1S/C21H14ClNS/c22-17-10-6-7-15(13-17)14-18(16-8-2-1-3-9-16)21-23-19-11-4-5-12-20(19)24-21/h1-14H. The summed E-state index contributed by atoms with van der Waals surface area (Å²) >= 11 is 7.85. The molecule has 4 rings (SSSR count). The van der Waals surface area contributed by atoms with E-state index in [4.69, 9.17) is 16.6 Å². The van der Waals surface area contributed by atoms with E-state index in [0.29, 0.717) is 0 Å². The summed E-state index contributed by atoms with van der Waals surface area (Å²) in [6.45, 7) is 0. The number of para-hydroxylation sites is 1. The Labute approximate surface area is 149 Å². The smallest absolute Gasteiger partial charge is 0.125 e. The van der Waals surface area contributed by atoms with Gasteiger partial charge in [0.15, 0.2) is 0 Å². The van der Waals surface area contributed by atoms with E-state index in [1.165, 1.54) is 4.70 Å². The predicted octanol–water partition coefficient (Wildman–Crippen LogP) is 6.54. The van der Waals surface area contributed by atoms with Crippen molar-refractivity contribution in [2.75, 3.05) is 0 Å². The van der Waals surface area contributed by atoms with Crippen molar-refractivity contribution in [2.24, 2.45) is 0 Å². The summed E-state index contributed by atoms with van der Waals surface area (Å²) in [7, 11) is 0. The van der Waals surface area contributed by atoms with Gasteiger partial charge in [-0.2, -0.15) is 0 Å². The van der Waals surface area contributed by atoms with Crippen molar-refractivity contribution in [1.82, 2.24) is 4.98 Å². The molecule has 1 nitrogen and oxygen atoms in total. The monoisotopic (exact) mass is 347 g/mol. The van der Waals surface area contributed by atoms with E-state index in [9.17, 15) is 0 Å². The van der Waals surface area contributed by atoms with E-state index in [2.05, 4.69) is 48.5 Å². The molecule has 0 bridgehead atoms. The van der Waals surface area contributed by atoms with Crippen molar-refractivity contribution in [3.63, 3.8) is 0 Å². The lowest BCUT2D eigenvalue weighted by Crippen LogP contribution is -1.87. The summed E-state index contributed by atoms with van der Waals surface area (Å²) in [6, 6.07) is 26.5. The minimum Gasteiger partial charge on any atom is -0.236 e. The Bertz CT molecular complexity index is 985. The summed E-state index contributed by atoms with van der Waals surface area (Å²) in [5, 5.41) is 1.75. The molecule has 3 aromatic carbocycles. The SMILES string of the molecule is Clc1cccc(C=C(c2ccccc2)c2nc3ccccc3s2)c1. The van der Waals surface area contributed by atoms with Gasteiger partial charge in [0.2, 0.25) is 0 Å². The molecule has 0 aliphatic rings. The fraction of sp³-hybridized carbons (Fsp3) is 0. The first-order valence-electron chi connectivity index (χ1n) is 7.68. The van der Waals surface area contributed by atoms with Crippen molar-refractivity contribution >= 4 is 44.8 Å². The lowest BCUT2D eigenvalue weighted by Gasteiger charge is -2.05. The molecule has 0 saturated heterocycles. The first kappa shape index (κ1) is 15.1. The van der Waals surface area contributed by atoms with Gasteiger partial charge in [0.1, 0.15) is 5.01 Å². The minimum absolute atomic E-state index is 0.737. The van der Waals surface area contributed by atoms with Gasteiger partial charge in [-0.1, -0.05) is 66.2 Å². The van der Waals surface area contributed by atoms with Crippen LogP contribution in [0.2, 0.25) is 5.02 Å². The molecule has 1 aromatic heterocycles. The fourth-order valence-electron chi connectivity index (χ4n) is 2.64. The number of nitrogens with zero attached hydrogens (tertiary/aromatic N) is 1. The number of hydrogen-bond donors (Lipinski definition) is 0.